The number of rotatable bonds is 2. The van der Waals surface area contributed by atoms with E-state index in [1.54, 1.807) is 0 Å². The zero-order valence-corrected chi connectivity index (χ0v) is 13.6. The van der Waals surface area contributed by atoms with E-state index in [4.69, 9.17) is 0 Å². The van der Waals surface area contributed by atoms with Crippen LogP contribution >= 0.6 is 0 Å². The number of amides is 2. The molecule has 0 saturated carbocycles. The topological polar surface area (TPSA) is 37.4 Å². The summed E-state index contributed by atoms with van der Waals surface area (Å²) in [7, 11) is 0. The van der Waals surface area contributed by atoms with Gasteiger partial charge >= 0.3 is 0 Å². The zero-order chi connectivity index (χ0) is 16.7. The standard InChI is InChI=1S/C21H19NO2/c1-14-7-9-15(10-8-14)16-11-12-18-19(13-16)21(24)22(20(18)23)17-5-3-2-4-6-17/h2-11,18-19H,12-13H2,1H3. The van der Waals surface area contributed by atoms with Gasteiger partial charge in [0.05, 0.1) is 17.5 Å². The molecule has 1 fully saturated rings. The Morgan fingerprint density at radius 3 is 2.25 bits per heavy atom. The van der Waals surface area contributed by atoms with Gasteiger partial charge in [-0.15, -0.1) is 0 Å². The molecule has 2 aliphatic rings. The second kappa shape index (κ2) is 5.75. The highest BCUT2D eigenvalue weighted by molar-refractivity contribution is 6.22. The van der Waals surface area contributed by atoms with Crippen molar-refractivity contribution in [2.45, 2.75) is 19.8 Å². The maximum atomic E-state index is 12.9. The second-order valence-corrected chi connectivity index (χ2v) is 6.60. The van der Waals surface area contributed by atoms with Crippen LogP contribution in [-0.2, 0) is 9.59 Å². The summed E-state index contributed by atoms with van der Waals surface area (Å²) in [6, 6.07) is 17.6. The fourth-order valence-electron chi connectivity index (χ4n) is 3.70. The molecule has 1 aliphatic carbocycles. The summed E-state index contributed by atoms with van der Waals surface area (Å²) < 4.78 is 0. The monoisotopic (exact) mass is 317 g/mol. The molecule has 2 unspecified atom stereocenters. The van der Waals surface area contributed by atoms with Gasteiger partial charge in [0.1, 0.15) is 0 Å². The summed E-state index contributed by atoms with van der Waals surface area (Å²) in [5.41, 5.74) is 4.22. The van der Waals surface area contributed by atoms with Crippen molar-refractivity contribution in [3.8, 4) is 0 Å². The molecular weight excluding hydrogens is 298 g/mol. The molecule has 4 rings (SSSR count). The number of aryl methyl sites for hydroxylation is 1. The number of para-hydroxylation sites is 1. The molecule has 3 nitrogen and oxygen atoms in total. The van der Waals surface area contributed by atoms with Crippen molar-refractivity contribution in [3.63, 3.8) is 0 Å². The molecule has 1 heterocycles. The minimum Gasteiger partial charge on any atom is -0.274 e. The molecule has 2 aromatic rings. The number of hydrogen-bond acceptors (Lipinski definition) is 2. The van der Waals surface area contributed by atoms with E-state index in [1.165, 1.54) is 16.0 Å². The SMILES string of the molecule is Cc1ccc(C2=CCC3C(=O)N(c4ccccc4)C(=O)C3C2)cc1. The first-order valence-electron chi connectivity index (χ1n) is 8.34. The van der Waals surface area contributed by atoms with Crippen LogP contribution in [-0.4, -0.2) is 11.8 Å². The number of carbonyl (C=O) groups is 2. The molecule has 2 aromatic carbocycles. The summed E-state index contributed by atoms with van der Waals surface area (Å²) in [5.74, 6) is -0.574. The summed E-state index contributed by atoms with van der Waals surface area (Å²) in [6.07, 6.45) is 3.41. The fraction of sp³-hybridized carbons (Fsp3) is 0.238. The number of benzene rings is 2. The Morgan fingerprint density at radius 1 is 0.875 bits per heavy atom. The Kier molecular flexibility index (Phi) is 3.57. The minimum atomic E-state index is -0.237. The fourth-order valence-corrected chi connectivity index (χ4v) is 3.70. The molecule has 0 bridgehead atoms. The van der Waals surface area contributed by atoms with Crippen molar-refractivity contribution < 1.29 is 9.59 Å². The Morgan fingerprint density at radius 2 is 1.54 bits per heavy atom. The maximum absolute atomic E-state index is 12.9. The van der Waals surface area contributed by atoms with Gasteiger partial charge in [-0.25, -0.2) is 0 Å². The average molecular weight is 317 g/mol. The van der Waals surface area contributed by atoms with Crippen molar-refractivity contribution in [1.82, 2.24) is 0 Å². The minimum absolute atomic E-state index is 0.0598. The van der Waals surface area contributed by atoms with E-state index in [-0.39, 0.29) is 23.7 Å². The van der Waals surface area contributed by atoms with E-state index in [2.05, 4.69) is 37.3 Å². The van der Waals surface area contributed by atoms with Crippen LogP contribution in [0, 0.1) is 18.8 Å². The van der Waals surface area contributed by atoms with Crippen molar-refractivity contribution in [2.75, 3.05) is 4.90 Å². The molecule has 3 heteroatoms. The van der Waals surface area contributed by atoms with Gasteiger partial charge in [0, 0.05) is 0 Å². The van der Waals surface area contributed by atoms with Gasteiger partial charge in [0.2, 0.25) is 11.8 Å². The van der Waals surface area contributed by atoms with Crippen LogP contribution < -0.4 is 4.90 Å². The molecule has 0 aromatic heterocycles. The van der Waals surface area contributed by atoms with Gasteiger partial charge < -0.3 is 0 Å². The predicted octanol–water partition coefficient (Wildman–Crippen LogP) is 3.98. The van der Waals surface area contributed by atoms with Gasteiger partial charge in [0.15, 0.2) is 0 Å². The van der Waals surface area contributed by atoms with Gasteiger partial charge in [-0.2, -0.15) is 0 Å². The second-order valence-electron chi connectivity index (χ2n) is 6.60. The van der Waals surface area contributed by atoms with Crippen LogP contribution in [0.1, 0.15) is 24.0 Å². The highest BCUT2D eigenvalue weighted by Gasteiger charge is 2.49. The quantitative estimate of drug-likeness (QED) is 0.786. The largest absolute Gasteiger partial charge is 0.274 e. The van der Waals surface area contributed by atoms with E-state index >= 15 is 0 Å². The molecule has 0 N–H and O–H groups in total. The van der Waals surface area contributed by atoms with E-state index in [0.29, 0.717) is 18.5 Å². The third kappa shape index (κ3) is 2.37. The molecule has 1 aliphatic heterocycles. The lowest BCUT2D eigenvalue weighted by Gasteiger charge is -2.21. The summed E-state index contributed by atoms with van der Waals surface area (Å²) in [5, 5.41) is 0. The van der Waals surface area contributed by atoms with Crippen LogP contribution in [0.2, 0.25) is 0 Å². The van der Waals surface area contributed by atoms with Crippen LogP contribution in [0.3, 0.4) is 0 Å². The Labute approximate surface area is 141 Å². The number of hydrogen-bond donors (Lipinski definition) is 0. The van der Waals surface area contributed by atoms with Crippen molar-refractivity contribution >= 4 is 23.1 Å². The number of carbonyl (C=O) groups excluding carboxylic acids is 2. The number of anilines is 1. The van der Waals surface area contributed by atoms with Crippen LogP contribution in [0.5, 0.6) is 0 Å². The molecule has 120 valence electrons. The lowest BCUT2D eigenvalue weighted by molar-refractivity contribution is -0.122. The zero-order valence-electron chi connectivity index (χ0n) is 13.6. The normalized spacial score (nSPS) is 23.2. The predicted molar refractivity (Wildman–Crippen MR) is 94.3 cm³/mol. The number of allylic oxidation sites excluding steroid dienone is 2. The molecule has 24 heavy (non-hydrogen) atoms. The van der Waals surface area contributed by atoms with Crippen molar-refractivity contribution in [2.24, 2.45) is 11.8 Å². The van der Waals surface area contributed by atoms with Crippen molar-refractivity contribution in [1.29, 1.82) is 0 Å². The highest BCUT2D eigenvalue weighted by Crippen LogP contribution is 2.42. The molecule has 0 spiro atoms. The van der Waals surface area contributed by atoms with Crippen molar-refractivity contribution in [3.05, 3.63) is 71.8 Å². The lowest BCUT2D eigenvalue weighted by Crippen LogP contribution is -2.30. The smallest absolute Gasteiger partial charge is 0.238 e. The van der Waals surface area contributed by atoms with Gasteiger partial charge in [-0.05, 0) is 43.0 Å². The maximum Gasteiger partial charge on any atom is 0.238 e. The van der Waals surface area contributed by atoms with Gasteiger partial charge in [0.25, 0.3) is 0 Å². The molecule has 2 amide bonds. The molecule has 1 saturated heterocycles. The number of imide groups is 1. The molecular formula is C21H19NO2. The molecule has 0 radical (unpaired) electrons. The average Bonchev–Trinajstić information content (AvgIpc) is 2.87. The Balaban J connectivity index is 1.62. The number of nitrogens with zero attached hydrogens (tertiary/aromatic N) is 1. The van der Waals surface area contributed by atoms with Crippen LogP contribution in [0.4, 0.5) is 5.69 Å². The van der Waals surface area contributed by atoms with Gasteiger partial charge in [-0.3, -0.25) is 14.5 Å². The third-order valence-corrected chi connectivity index (χ3v) is 5.06. The Hall–Kier alpha value is -2.68. The summed E-state index contributed by atoms with van der Waals surface area (Å²) >= 11 is 0. The van der Waals surface area contributed by atoms with E-state index in [1.807, 2.05) is 30.3 Å². The first-order chi connectivity index (χ1) is 11.6. The summed E-state index contributed by atoms with van der Waals surface area (Å²) in [4.78, 5) is 26.9. The number of fused-ring (bicyclic) bond motifs is 1. The van der Waals surface area contributed by atoms with E-state index < -0.39 is 0 Å². The van der Waals surface area contributed by atoms with Crippen LogP contribution in [0.15, 0.2) is 60.7 Å². The first kappa shape index (κ1) is 14.9. The Bertz CT molecular complexity index is 821. The molecule has 2 atom stereocenters. The van der Waals surface area contributed by atoms with E-state index in [0.717, 1.165) is 5.56 Å². The lowest BCUT2D eigenvalue weighted by atomic mass is 9.79. The van der Waals surface area contributed by atoms with Gasteiger partial charge in [-0.1, -0.05) is 54.1 Å². The van der Waals surface area contributed by atoms with E-state index in [9.17, 15) is 9.59 Å². The third-order valence-electron chi connectivity index (χ3n) is 5.06. The first-order valence-corrected chi connectivity index (χ1v) is 8.34. The highest BCUT2D eigenvalue weighted by atomic mass is 16.2. The van der Waals surface area contributed by atoms with Crippen LogP contribution in [0.25, 0.3) is 5.57 Å². The summed E-state index contributed by atoms with van der Waals surface area (Å²) in [6.45, 7) is 2.06.